The van der Waals surface area contributed by atoms with Gasteiger partial charge in [-0.05, 0) is 36.4 Å². The van der Waals surface area contributed by atoms with Crippen molar-refractivity contribution >= 4 is 25.8 Å². The smallest absolute Gasteiger partial charge is 0.250 e. The van der Waals surface area contributed by atoms with Crippen LogP contribution in [-0.4, -0.2) is 27.8 Å². The first-order valence-corrected chi connectivity index (χ1v) is 12.1. The van der Waals surface area contributed by atoms with Gasteiger partial charge < -0.3 is 10.8 Å². The van der Waals surface area contributed by atoms with Crippen LogP contribution in [0.1, 0.15) is 27.0 Å². The van der Waals surface area contributed by atoms with Gasteiger partial charge in [0, 0.05) is 16.7 Å². The molecule has 3 aromatic rings. The van der Waals surface area contributed by atoms with E-state index in [1.807, 2.05) is 0 Å². The third-order valence-electron chi connectivity index (χ3n) is 4.51. The Morgan fingerprint density at radius 2 is 1.44 bits per heavy atom. The molecule has 1 amide bonds. The van der Waals surface area contributed by atoms with Crippen molar-refractivity contribution in [3.05, 3.63) is 89.0 Å². The SMILES string of the molecule is NC(=O)c1ccc(C#Cc2ccccc2)c(CO)c1S(=O)(=O)c1ccccc1S(N)(=O)=O. The summed E-state index contributed by atoms with van der Waals surface area (Å²) in [7, 11) is -9.08. The molecule has 0 saturated heterocycles. The van der Waals surface area contributed by atoms with Crippen molar-refractivity contribution in [1.82, 2.24) is 0 Å². The topological polar surface area (TPSA) is 158 Å². The first-order chi connectivity index (χ1) is 15.1. The van der Waals surface area contributed by atoms with E-state index in [0.717, 1.165) is 12.1 Å². The molecule has 0 saturated carbocycles. The fourth-order valence-electron chi connectivity index (χ4n) is 3.08. The molecule has 0 atom stereocenters. The number of sulfone groups is 1. The fraction of sp³-hybridized carbons (Fsp3) is 0.0455. The van der Waals surface area contributed by atoms with E-state index in [4.69, 9.17) is 10.9 Å². The molecule has 0 fully saturated rings. The summed E-state index contributed by atoms with van der Waals surface area (Å²) in [6, 6.07) is 16.1. The first kappa shape index (κ1) is 23.2. The number of carbonyl (C=O) groups is 1. The van der Waals surface area contributed by atoms with Gasteiger partial charge in [0.15, 0.2) is 0 Å². The van der Waals surface area contributed by atoms with Gasteiger partial charge in [0.1, 0.15) is 4.90 Å². The van der Waals surface area contributed by atoms with Crippen LogP contribution in [0.3, 0.4) is 0 Å². The maximum absolute atomic E-state index is 13.5. The molecule has 0 radical (unpaired) electrons. The number of aliphatic hydroxyl groups is 1. The third kappa shape index (κ3) is 4.56. The van der Waals surface area contributed by atoms with Crippen LogP contribution >= 0.6 is 0 Å². The molecule has 10 heteroatoms. The largest absolute Gasteiger partial charge is 0.392 e. The predicted octanol–water partition coefficient (Wildman–Crippen LogP) is 1.16. The van der Waals surface area contributed by atoms with E-state index in [1.54, 1.807) is 30.3 Å². The van der Waals surface area contributed by atoms with Crippen LogP contribution in [0.4, 0.5) is 0 Å². The van der Waals surface area contributed by atoms with Crippen molar-refractivity contribution < 1.29 is 26.7 Å². The molecule has 32 heavy (non-hydrogen) atoms. The lowest BCUT2D eigenvalue weighted by Crippen LogP contribution is -2.22. The van der Waals surface area contributed by atoms with Crippen LogP contribution in [0.15, 0.2) is 81.4 Å². The quantitative estimate of drug-likeness (QED) is 0.475. The second-order valence-corrected chi connectivity index (χ2v) is 9.99. The average molecular weight is 471 g/mol. The summed E-state index contributed by atoms with van der Waals surface area (Å²) in [5.41, 5.74) is 5.56. The third-order valence-corrected chi connectivity index (χ3v) is 7.55. The van der Waals surface area contributed by atoms with E-state index in [-0.39, 0.29) is 11.1 Å². The molecule has 0 heterocycles. The zero-order valence-electron chi connectivity index (χ0n) is 16.5. The molecule has 0 aromatic heterocycles. The van der Waals surface area contributed by atoms with Gasteiger partial charge in [0.25, 0.3) is 0 Å². The Kier molecular flexibility index (Phi) is 6.47. The van der Waals surface area contributed by atoms with E-state index < -0.39 is 52.6 Å². The van der Waals surface area contributed by atoms with Crippen LogP contribution in [-0.2, 0) is 26.5 Å². The summed E-state index contributed by atoms with van der Waals surface area (Å²) in [4.78, 5) is 10.1. The number of hydrogen-bond acceptors (Lipinski definition) is 6. The summed E-state index contributed by atoms with van der Waals surface area (Å²) in [5, 5.41) is 15.2. The lowest BCUT2D eigenvalue weighted by Gasteiger charge is -2.16. The lowest BCUT2D eigenvalue weighted by molar-refractivity contribution is 0.0996. The predicted molar refractivity (Wildman–Crippen MR) is 117 cm³/mol. The molecule has 8 nitrogen and oxygen atoms in total. The molecule has 0 bridgehead atoms. The number of hydrogen-bond donors (Lipinski definition) is 3. The van der Waals surface area contributed by atoms with Crippen molar-refractivity contribution in [2.45, 2.75) is 21.3 Å². The molecule has 5 N–H and O–H groups in total. The number of primary sulfonamides is 1. The Labute approximate surface area is 185 Å². The molecular weight excluding hydrogens is 452 g/mol. The zero-order chi connectivity index (χ0) is 23.5. The van der Waals surface area contributed by atoms with E-state index in [2.05, 4.69) is 11.8 Å². The van der Waals surface area contributed by atoms with Gasteiger partial charge in [-0.25, -0.2) is 22.0 Å². The molecule has 0 aliphatic heterocycles. The molecular formula is C22H18N2O6S2. The van der Waals surface area contributed by atoms with E-state index in [9.17, 15) is 26.7 Å². The molecule has 0 spiro atoms. The molecule has 3 rings (SSSR count). The Balaban J connectivity index is 2.35. The van der Waals surface area contributed by atoms with Crippen LogP contribution < -0.4 is 10.9 Å². The van der Waals surface area contributed by atoms with Gasteiger partial charge in [-0.2, -0.15) is 0 Å². The Hall–Kier alpha value is -3.49. The highest BCUT2D eigenvalue weighted by atomic mass is 32.2. The van der Waals surface area contributed by atoms with Crippen LogP contribution in [0.5, 0.6) is 0 Å². The van der Waals surface area contributed by atoms with Gasteiger partial charge in [-0.1, -0.05) is 42.2 Å². The van der Waals surface area contributed by atoms with Gasteiger partial charge in [-0.3, -0.25) is 4.79 Å². The molecule has 0 unspecified atom stereocenters. The maximum atomic E-state index is 13.5. The normalized spacial score (nSPS) is 11.4. The van der Waals surface area contributed by atoms with Crippen LogP contribution in [0.2, 0.25) is 0 Å². The van der Waals surface area contributed by atoms with Gasteiger partial charge >= 0.3 is 0 Å². The molecule has 3 aromatic carbocycles. The van der Waals surface area contributed by atoms with Crippen LogP contribution in [0, 0.1) is 11.8 Å². The monoisotopic (exact) mass is 470 g/mol. The van der Waals surface area contributed by atoms with Gasteiger partial charge in [0.05, 0.1) is 22.0 Å². The molecule has 0 aliphatic rings. The number of amides is 1. The van der Waals surface area contributed by atoms with Crippen molar-refractivity contribution in [1.29, 1.82) is 0 Å². The number of nitrogens with two attached hydrogens (primary N) is 2. The summed E-state index contributed by atoms with van der Waals surface area (Å²) < 4.78 is 51.1. The number of primary amides is 1. The summed E-state index contributed by atoms with van der Waals surface area (Å²) in [5.74, 6) is 4.56. The van der Waals surface area contributed by atoms with Gasteiger partial charge in [-0.15, -0.1) is 0 Å². The highest BCUT2D eigenvalue weighted by Crippen LogP contribution is 2.32. The summed E-state index contributed by atoms with van der Waals surface area (Å²) >= 11 is 0. The van der Waals surface area contributed by atoms with Crippen LogP contribution in [0.25, 0.3) is 0 Å². The summed E-state index contributed by atoms with van der Waals surface area (Å²) in [6.45, 7) is -0.800. The fourth-order valence-corrected chi connectivity index (χ4v) is 6.14. The van der Waals surface area contributed by atoms with Gasteiger partial charge in [0.2, 0.25) is 25.8 Å². The minimum Gasteiger partial charge on any atom is -0.392 e. The Morgan fingerprint density at radius 3 is 2.00 bits per heavy atom. The number of carbonyl (C=O) groups excluding carboxylic acids is 1. The average Bonchev–Trinajstić information content (AvgIpc) is 2.77. The maximum Gasteiger partial charge on any atom is 0.250 e. The lowest BCUT2D eigenvalue weighted by atomic mass is 10.0. The number of sulfonamides is 1. The first-order valence-electron chi connectivity index (χ1n) is 9.08. The standard InChI is InChI=1S/C22H18N2O6S2/c23-22(26)17-13-12-16(11-10-15-6-2-1-3-7-15)18(14-25)21(17)31(27,28)19-8-4-5-9-20(19)32(24,29)30/h1-9,12-13,25H,14H2,(H2,23,26)(H2,24,29,30). The van der Waals surface area contributed by atoms with E-state index in [0.29, 0.717) is 5.56 Å². The zero-order valence-corrected chi connectivity index (χ0v) is 18.2. The molecule has 0 aliphatic carbocycles. The van der Waals surface area contributed by atoms with Crippen molar-refractivity contribution in [2.24, 2.45) is 10.9 Å². The Bertz CT molecular complexity index is 1470. The minimum atomic E-state index is -4.66. The summed E-state index contributed by atoms with van der Waals surface area (Å²) in [6.07, 6.45) is 0. The highest BCUT2D eigenvalue weighted by Gasteiger charge is 2.32. The minimum absolute atomic E-state index is 0.132. The van der Waals surface area contributed by atoms with E-state index in [1.165, 1.54) is 24.3 Å². The second-order valence-electron chi connectivity index (χ2n) is 6.60. The van der Waals surface area contributed by atoms with Crippen molar-refractivity contribution in [3.8, 4) is 11.8 Å². The van der Waals surface area contributed by atoms with E-state index >= 15 is 0 Å². The number of aliphatic hydroxyl groups excluding tert-OH is 1. The highest BCUT2D eigenvalue weighted by molar-refractivity contribution is 7.93. The number of rotatable bonds is 5. The van der Waals surface area contributed by atoms with Crippen molar-refractivity contribution in [3.63, 3.8) is 0 Å². The Morgan fingerprint density at radius 1 is 0.844 bits per heavy atom. The molecule has 164 valence electrons. The van der Waals surface area contributed by atoms with Crippen molar-refractivity contribution in [2.75, 3.05) is 0 Å². The second kappa shape index (κ2) is 8.94. The number of benzene rings is 3.